The molecule has 2 amide bonds. The van der Waals surface area contributed by atoms with Gasteiger partial charge in [0.05, 0.1) is 7.11 Å². The number of amides is 2. The quantitative estimate of drug-likeness (QED) is 0.827. The molecule has 0 bridgehead atoms. The van der Waals surface area contributed by atoms with E-state index in [2.05, 4.69) is 10.2 Å². The van der Waals surface area contributed by atoms with Crippen LogP contribution in [-0.2, 0) is 4.79 Å². The van der Waals surface area contributed by atoms with E-state index in [1.807, 2.05) is 24.1 Å². The molecule has 0 radical (unpaired) electrons. The Morgan fingerprint density at radius 3 is 2.43 bits per heavy atom. The summed E-state index contributed by atoms with van der Waals surface area (Å²) in [6, 6.07) is 14.1. The van der Waals surface area contributed by atoms with Gasteiger partial charge in [-0.3, -0.25) is 9.59 Å². The van der Waals surface area contributed by atoms with Crippen molar-refractivity contribution < 1.29 is 19.1 Å². The largest absolute Gasteiger partial charge is 0.493 e. The van der Waals surface area contributed by atoms with Crippen LogP contribution in [0.15, 0.2) is 48.5 Å². The third-order valence-corrected chi connectivity index (χ3v) is 4.61. The van der Waals surface area contributed by atoms with Gasteiger partial charge in [-0.15, -0.1) is 0 Å². The molecule has 2 aromatic rings. The molecule has 3 rings (SSSR count). The number of rotatable bonds is 6. The zero-order chi connectivity index (χ0) is 19.9. The molecule has 7 nitrogen and oxygen atoms in total. The van der Waals surface area contributed by atoms with E-state index in [1.54, 1.807) is 43.5 Å². The average Bonchev–Trinajstić information content (AvgIpc) is 2.72. The van der Waals surface area contributed by atoms with Crippen molar-refractivity contribution in [1.29, 1.82) is 0 Å². The van der Waals surface area contributed by atoms with E-state index in [0.717, 1.165) is 13.1 Å². The molecule has 148 valence electrons. The first-order chi connectivity index (χ1) is 13.6. The highest BCUT2D eigenvalue weighted by Gasteiger charge is 2.20. The number of nitrogens with zero attached hydrogens (tertiary/aromatic N) is 2. The van der Waals surface area contributed by atoms with Crippen LogP contribution < -0.4 is 14.8 Å². The average molecular weight is 383 g/mol. The summed E-state index contributed by atoms with van der Waals surface area (Å²) in [4.78, 5) is 28.9. The van der Waals surface area contributed by atoms with Gasteiger partial charge in [0.15, 0.2) is 18.1 Å². The molecular formula is C21H25N3O4. The van der Waals surface area contributed by atoms with E-state index in [9.17, 15) is 9.59 Å². The van der Waals surface area contributed by atoms with Crippen molar-refractivity contribution in [3.05, 3.63) is 54.1 Å². The number of carbonyl (C=O) groups is 2. The summed E-state index contributed by atoms with van der Waals surface area (Å²) in [7, 11) is 3.59. The van der Waals surface area contributed by atoms with Crippen molar-refractivity contribution in [1.82, 2.24) is 9.80 Å². The number of methoxy groups -OCH3 is 1. The van der Waals surface area contributed by atoms with E-state index >= 15 is 0 Å². The molecule has 1 aliphatic heterocycles. The van der Waals surface area contributed by atoms with Gasteiger partial charge in [-0.2, -0.15) is 0 Å². The molecule has 0 spiro atoms. The van der Waals surface area contributed by atoms with E-state index < -0.39 is 0 Å². The highest BCUT2D eigenvalue weighted by Crippen LogP contribution is 2.25. The Bertz CT molecular complexity index is 832. The number of hydrogen-bond donors (Lipinski definition) is 1. The Labute approximate surface area is 164 Å². The first-order valence-corrected chi connectivity index (χ1v) is 9.20. The van der Waals surface area contributed by atoms with Gasteiger partial charge in [0.1, 0.15) is 0 Å². The minimum atomic E-state index is -0.310. The first-order valence-electron chi connectivity index (χ1n) is 9.20. The van der Waals surface area contributed by atoms with Crippen LogP contribution in [0.2, 0.25) is 0 Å². The van der Waals surface area contributed by atoms with Crippen molar-refractivity contribution >= 4 is 17.5 Å². The van der Waals surface area contributed by atoms with Crippen LogP contribution in [-0.4, -0.2) is 68.6 Å². The van der Waals surface area contributed by atoms with Crippen LogP contribution >= 0.6 is 0 Å². The summed E-state index contributed by atoms with van der Waals surface area (Å²) in [5.41, 5.74) is 1.13. The third-order valence-electron chi connectivity index (χ3n) is 4.61. The van der Waals surface area contributed by atoms with Crippen LogP contribution in [0.3, 0.4) is 0 Å². The van der Waals surface area contributed by atoms with Crippen molar-refractivity contribution in [2.24, 2.45) is 0 Å². The van der Waals surface area contributed by atoms with Crippen molar-refractivity contribution in [2.75, 3.05) is 52.3 Å². The Balaban J connectivity index is 1.58. The first kappa shape index (κ1) is 19.7. The van der Waals surface area contributed by atoms with Crippen LogP contribution in [0.5, 0.6) is 11.5 Å². The van der Waals surface area contributed by atoms with E-state index in [4.69, 9.17) is 9.47 Å². The summed E-state index contributed by atoms with van der Waals surface area (Å²) >= 11 is 0. The molecule has 7 heteroatoms. The summed E-state index contributed by atoms with van der Waals surface area (Å²) < 4.78 is 10.7. The highest BCUT2D eigenvalue weighted by atomic mass is 16.5. The highest BCUT2D eigenvalue weighted by molar-refractivity contribution is 5.97. The van der Waals surface area contributed by atoms with Gasteiger partial charge < -0.3 is 24.6 Å². The maximum absolute atomic E-state index is 12.7. The monoisotopic (exact) mass is 383 g/mol. The number of para-hydroxylation sites is 2. The Hall–Kier alpha value is -3.06. The fourth-order valence-corrected chi connectivity index (χ4v) is 3.00. The summed E-state index contributed by atoms with van der Waals surface area (Å²) in [6.07, 6.45) is 0. The molecule has 0 unspecified atom stereocenters. The smallest absolute Gasteiger partial charge is 0.262 e. The number of anilines is 1. The van der Waals surface area contributed by atoms with Gasteiger partial charge in [-0.1, -0.05) is 18.2 Å². The maximum atomic E-state index is 12.7. The van der Waals surface area contributed by atoms with E-state index in [1.165, 1.54) is 0 Å². The van der Waals surface area contributed by atoms with Crippen LogP contribution in [0.4, 0.5) is 5.69 Å². The number of piperazine rings is 1. The maximum Gasteiger partial charge on any atom is 0.262 e. The number of ether oxygens (including phenoxy) is 2. The molecule has 1 aliphatic rings. The predicted molar refractivity (Wildman–Crippen MR) is 107 cm³/mol. The lowest BCUT2D eigenvalue weighted by Gasteiger charge is -2.32. The fraction of sp³-hybridized carbons (Fsp3) is 0.333. The molecule has 28 heavy (non-hydrogen) atoms. The molecule has 0 aromatic heterocycles. The Kier molecular flexibility index (Phi) is 6.49. The predicted octanol–water partition coefficient (Wildman–Crippen LogP) is 2.10. The topological polar surface area (TPSA) is 71.1 Å². The standard InChI is InChI=1S/C21H25N3O4/c1-23-10-12-24(13-11-23)21(26)16-6-5-7-17(14-16)22-20(25)15-28-19-9-4-3-8-18(19)27-2/h3-9,14H,10-13,15H2,1-2H3,(H,22,25). The van der Waals surface area contributed by atoms with Gasteiger partial charge >= 0.3 is 0 Å². The fourth-order valence-electron chi connectivity index (χ4n) is 3.00. The lowest BCUT2D eigenvalue weighted by atomic mass is 10.1. The summed E-state index contributed by atoms with van der Waals surface area (Å²) in [5.74, 6) is 0.735. The molecule has 2 aromatic carbocycles. The number of hydrogen-bond acceptors (Lipinski definition) is 5. The zero-order valence-corrected chi connectivity index (χ0v) is 16.2. The Morgan fingerprint density at radius 2 is 1.71 bits per heavy atom. The lowest BCUT2D eigenvalue weighted by molar-refractivity contribution is -0.118. The second-order valence-corrected chi connectivity index (χ2v) is 6.66. The SMILES string of the molecule is COc1ccccc1OCC(=O)Nc1cccc(C(=O)N2CCN(C)CC2)c1. The molecular weight excluding hydrogens is 358 g/mol. The van der Waals surface area contributed by atoms with E-state index in [-0.39, 0.29) is 18.4 Å². The number of likely N-dealkylation sites (N-methyl/N-ethyl adjacent to an activating group) is 1. The van der Waals surface area contributed by atoms with Gasteiger partial charge in [0.2, 0.25) is 0 Å². The van der Waals surface area contributed by atoms with Gasteiger partial charge in [0.25, 0.3) is 11.8 Å². The number of carbonyl (C=O) groups excluding carboxylic acids is 2. The van der Waals surface area contributed by atoms with Gasteiger partial charge in [0, 0.05) is 37.4 Å². The summed E-state index contributed by atoms with van der Waals surface area (Å²) in [6.45, 7) is 2.99. The molecule has 1 heterocycles. The Morgan fingerprint density at radius 1 is 1.00 bits per heavy atom. The lowest BCUT2D eigenvalue weighted by Crippen LogP contribution is -2.47. The van der Waals surface area contributed by atoms with Gasteiger partial charge in [-0.05, 0) is 37.4 Å². The molecule has 1 saturated heterocycles. The van der Waals surface area contributed by atoms with Crippen molar-refractivity contribution in [3.8, 4) is 11.5 Å². The number of nitrogens with one attached hydrogen (secondary N) is 1. The van der Waals surface area contributed by atoms with Crippen molar-refractivity contribution in [3.63, 3.8) is 0 Å². The van der Waals surface area contributed by atoms with Crippen LogP contribution in [0, 0.1) is 0 Å². The normalized spacial score (nSPS) is 14.4. The molecule has 0 saturated carbocycles. The minimum absolute atomic E-state index is 0.0190. The molecule has 0 aliphatic carbocycles. The van der Waals surface area contributed by atoms with Crippen molar-refractivity contribution in [2.45, 2.75) is 0 Å². The van der Waals surface area contributed by atoms with E-state index in [0.29, 0.717) is 35.8 Å². The molecule has 1 N–H and O–H groups in total. The van der Waals surface area contributed by atoms with Crippen LogP contribution in [0.25, 0.3) is 0 Å². The minimum Gasteiger partial charge on any atom is -0.493 e. The number of benzene rings is 2. The second-order valence-electron chi connectivity index (χ2n) is 6.66. The second kappa shape index (κ2) is 9.23. The molecule has 0 atom stereocenters. The van der Waals surface area contributed by atoms with Gasteiger partial charge in [-0.25, -0.2) is 0 Å². The van der Waals surface area contributed by atoms with Crippen LogP contribution in [0.1, 0.15) is 10.4 Å². The molecule has 1 fully saturated rings. The third kappa shape index (κ3) is 5.01. The zero-order valence-electron chi connectivity index (χ0n) is 16.2. The summed E-state index contributed by atoms with van der Waals surface area (Å²) in [5, 5.41) is 2.77.